The molecule has 5 heteroatoms. The summed E-state index contributed by atoms with van der Waals surface area (Å²) < 4.78 is 23.5. The zero-order chi connectivity index (χ0) is 18.1. The van der Waals surface area contributed by atoms with Crippen molar-refractivity contribution in [3.05, 3.63) is 41.7 Å². The highest BCUT2D eigenvalue weighted by molar-refractivity contribution is 5.77. The second kappa shape index (κ2) is 9.68. The van der Waals surface area contributed by atoms with E-state index in [0.29, 0.717) is 26.2 Å². The van der Waals surface area contributed by atoms with Crippen molar-refractivity contribution in [2.45, 2.75) is 26.2 Å². The van der Waals surface area contributed by atoms with E-state index in [9.17, 15) is 9.18 Å². The number of methoxy groups -OCH3 is 1. The van der Waals surface area contributed by atoms with Crippen LogP contribution in [0.5, 0.6) is 0 Å². The predicted octanol–water partition coefficient (Wildman–Crippen LogP) is 3.52. The molecule has 0 bridgehead atoms. The van der Waals surface area contributed by atoms with Crippen molar-refractivity contribution in [3.8, 4) is 0 Å². The van der Waals surface area contributed by atoms with Crippen LogP contribution in [0.3, 0.4) is 0 Å². The Labute approximate surface area is 149 Å². The highest BCUT2D eigenvalue weighted by Crippen LogP contribution is 2.35. The Morgan fingerprint density at radius 3 is 2.80 bits per heavy atom. The first kappa shape index (κ1) is 19.6. The van der Waals surface area contributed by atoms with E-state index >= 15 is 0 Å². The third-order valence-electron chi connectivity index (χ3n) is 4.69. The van der Waals surface area contributed by atoms with Gasteiger partial charge in [-0.3, -0.25) is 9.69 Å². The van der Waals surface area contributed by atoms with E-state index in [2.05, 4.69) is 11.0 Å². The number of ether oxygens (including phenoxy) is 2. The number of hydrogen-bond donors (Lipinski definition) is 0. The largest absolute Gasteiger partial charge is 0.466 e. The second-order valence-corrected chi connectivity index (χ2v) is 6.54. The van der Waals surface area contributed by atoms with Crippen molar-refractivity contribution >= 4 is 12.0 Å². The molecule has 25 heavy (non-hydrogen) atoms. The SMILES string of the molecule is CCOC(=O)[C@]1(CCOC)CCCN(C/C=C/c2ccc(F)cc2)C1. The van der Waals surface area contributed by atoms with Gasteiger partial charge in [-0.15, -0.1) is 0 Å². The molecule has 0 N–H and O–H groups in total. The first-order valence-corrected chi connectivity index (χ1v) is 8.90. The Morgan fingerprint density at radius 2 is 2.12 bits per heavy atom. The first-order chi connectivity index (χ1) is 12.1. The molecule has 0 amide bonds. The van der Waals surface area contributed by atoms with Crippen molar-refractivity contribution in [2.75, 3.05) is 40.0 Å². The van der Waals surface area contributed by atoms with Crippen molar-refractivity contribution in [2.24, 2.45) is 5.41 Å². The number of hydrogen-bond acceptors (Lipinski definition) is 4. The third kappa shape index (κ3) is 5.65. The van der Waals surface area contributed by atoms with Gasteiger partial charge in [0.15, 0.2) is 0 Å². The fraction of sp³-hybridized carbons (Fsp3) is 0.550. The van der Waals surface area contributed by atoms with E-state index in [4.69, 9.17) is 9.47 Å². The summed E-state index contributed by atoms with van der Waals surface area (Å²) in [7, 11) is 1.66. The van der Waals surface area contributed by atoms with Crippen molar-refractivity contribution < 1.29 is 18.7 Å². The zero-order valence-corrected chi connectivity index (χ0v) is 15.2. The molecule has 1 aromatic carbocycles. The molecule has 0 saturated carbocycles. The van der Waals surface area contributed by atoms with Crippen LogP contribution >= 0.6 is 0 Å². The van der Waals surface area contributed by atoms with E-state index in [1.807, 2.05) is 13.0 Å². The highest BCUT2D eigenvalue weighted by Gasteiger charge is 2.42. The van der Waals surface area contributed by atoms with Crippen LogP contribution in [-0.4, -0.2) is 50.8 Å². The zero-order valence-electron chi connectivity index (χ0n) is 15.2. The number of esters is 1. The number of carbonyl (C=O) groups is 1. The Balaban J connectivity index is 1.98. The molecule has 0 unspecified atom stereocenters. The Hall–Kier alpha value is -1.72. The van der Waals surface area contributed by atoms with Crippen molar-refractivity contribution in [1.29, 1.82) is 0 Å². The van der Waals surface area contributed by atoms with Crippen molar-refractivity contribution in [3.63, 3.8) is 0 Å². The minimum absolute atomic E-state index is 0.112. The van der Waals surface area contributed by atoms with Gasteiger partial charge in [0.05, 0.1) is 12.0 Å². The maximum atomic E-state index is 12.9. The summed E-state index contributed by atoms with van der Waals surface area (Å²) in [5, 5.41) is 0. The van der Waals surface area contributed by atoms with Gasteiger partial charge >= 0.3 is 5.97 Å². The number of rotatable bonds is 8. The minimum Gasteiger partial charge on any atom is -0.466 e. The molecular weight excluding hydrogens is 321 g/mol. The lowest BCUT2D eigenvalue weighted by Crippen LogP contribution is -2.49. The van der Waals surface area contributed by atoms with Gasteiger partial charge in [-0.1, -0.05) is 24.3 Å². The van der Waals surface area contributed by atoms with E-state index in [1.54, 1.807) is 19.2 Å². The van der Waals surface area contributed by atoms with Crippen LogP contribution < -0.4 is 0 Å². The number of piperidine rings is 1. The van der Waals surface area contributed by atoms with Gasteiger partial charge in [0.1, 0.15) is 5.82 Å². The molecule has 4 nitrogen and oxygen atoms in total. The van der Waals surface area contributed by atoms with Gasteiger partial charge in [-0.2, -0.15) is 0 Å². The number of benzene rings is 1. The summed E-state index contributed by atoms with van der Waals surface area (Å²) in [6.07, 6.45) is 6.53. The number of likely N-dealkylation sites (tertiary alicyclic amines) is 1. The second-order valence-electron chi connectivity index (χ2n) is 6.54. The first-order valence-electron chi connectivity index (χ1n) is 8.90. The normalized spacial score (nSPS) is 21.6. The van der Waals surface area contributed by atoms with Crippen molar-refractivity contribution in [1.82, 2.24) is 4.90 Å². The van der Waals surface area contributed by atoms with Gasteiger partial charge in [-0.05, 0) is 50.4 Å². The Kier molecular flexibility index (Phi) is 7.59. The highest BCUT2D eigenvalue weighted by atomic mass is 19.1. The molecule has 138 valence electrons. The molecule has 0 radical (unpaired) electrons. The van der Waals surface area contributed by atoms with E-state index < -0.39 is 5.41 Å². The molecule has 1 atom stereocenters. The lowest BCUT2D eigenvalue weighted by atomic mass is 9.77. The van der Waals surface area contributed by atoms with Gasteiger partial charge in [0.2, 0.25) is 0 Å². The molecule has 1 fully saturated rings. The van der Waals surface area contributed by atoms with Gasteiger partial charge in [0, 0.05) is 26.8 Å². The summed E-state index contributed by atoms with van der Waals surface area (Å²) in [5.74, 6) is -0.343. The number of nitrogens with zero attached hydrogens (tertiary/aromatic N) is 1. The van der Waals surface area contributed by atoms with Crippen LogP contribution in [0.2, 0.25) is 0 Å². The molecule has 2 rings (SSSR count). The number of halogens is 1. The Morgan fingerprint density at radius 1 is 1.36 bits per heavy atom. The summed E-state index contributed by atoms with van der Waals surface area (Å²) in [6, 6.07) is 6.42. The standard InChI is InChI=1S/C20H28FNO3/c1-3-25-19(23)20(12-15-24-2)11-5-14-22(16-20)13-4-6-17-7-9-18(21)10-8-17/h4,6-10H,3,5,11-16H2,1-2H3/b6-4+/t20-/m0/s1. The molecule has 1 aliphatic rings. The van der Waals surface area contributed by atoms with E-state index in [1.165, 1.54) is 12.1 Å². The van der Waals surface area contributed by atoms with Crippen LogP contribution in [-0.2, 0) is 14.3 Å². The fourth-order valence-corrected chi connectivity index (χ4v) is 3.35. The Bertz CT molecular complexity index is 573. The van der Waals surface area contributed by atoms with Crippen LogP contribution in [0.4, 0.5) is 4.39 Å². The molecule has 1 aliphatic heterocycles. The molecule has 1 saturated heterocycles. The topological polar surface area (TPSA) is 38.8 Å². The van der Waals surface area contributed by atoms with Crippen LogP contribution in [0, 0.1) is 11.2 Å². The smallest absolute Gasteiger partial charge is 0.313 e. The maximum absolute atomic E-state index is 12.9. The van der Waals surface area contributed by atoms with Crippen LogP contribution in [0.1, 0.15) is 31.7 Å². The fourth-order valence-electron chi connectivity index (χ4n) is 3.35. The maximum Gasteiger partial charge on any atom is 0.313 e. The number of carbonyl (C=O) groups excluding carboxylic acids is 1. The predicted molar refractivity (Wildman–Crippen MR) is 96.7 cm³/mol. The van der Waals surface area contributed by atoms with E-state index in [-0.39, 0.29) is 11.8 Å². The van der Waals surface area contributed by atoms with Crippen LogP contribution in [0.25, 0.3) is 6.08 Å². The van der Waals surface area contributed by atoms with Gasteiger partial charge < -0.3 is 9.47 Å². The monoisotopic (exact) mass is 349 g/mol. The van der Waals surface area contributed by atoms with Crippen LogP contribution in [0.15, 0.2) is 30.3 Å². The third-order valence-corrected chi connectivity index (χ3v) is 4.69. The molecular formula is C20H28FNO3. The summed E-state index contributed by atoms with van der Waals surface area (Å²) in [5.41, 5.74) is 0.489. The summed E-state index contributed by atoms with van der Waals surface area (Å²) in [6.45, 7) is 5.19. The van der Waals surface area contributed by atoms with Gasteiger partial charge in [-0.25, -0.2) is 4.39 Å². The average molecular weight is 349 g/mol. The molecule has 0 aliphatic carbocycles. The summed E-state index contributed by atoms with van der Waals surface area (Å²) in [4.78, 5) is 14.8. The quantitative estimate of drug-likeness (QED) is 0.673. The molecule has 0 spiro atoms. The molecule has 1 heterocycles. The molecule has 0 aromatic heterocycles. The average Bonchev–Trinajstić information content (AvgIpc) is 2.62. The van der Waals surface area contributed by atoms with E-state index in [0.717, 1.165) is 31.5 Å². The lowest BCUT2D eigenvalue weighted by Gasteiger charge is -2.40. The van der Waals surface area contributed by atoms with Gasteiger partial charge in [0.25, 0.3) is 0 Å². The molecule has 1 aromatic rings. The lowest BCUT2D eigenvalue weighted by molar-refractivity contribution is -0.160. The minimum atomic E-state index is -0.478. The summed E-state index contributed by atoms with van der Waals surface area (Å²) >= 11 is 0.